The van der Waals surface area contributed by atoms with Crippen LogP contribution in [-0.4, -0.2) is 63.8 Å². The third-order valence-corrected chi connectivity index (χ3v) is 12.6. The average molecular weight is 596 g/mol. The molecule has 0 spiro atoms. The summed E-state index contributed by atoms with van der Waals surface area (Å²) in [6.45, 7) is 11.9. The summed E-state index contributed by atoms with van der Waals surface area (Å²) in [4.78, 5) is 21.5. The molecule has 0 bridgehead atoms. The Morgan fingerprint density at radius 2 is 1.77 bits per heavy atom. The third-order valence-electron chi connectivity index (χ3n) is 7.17. The largest absolute Gasteiger partial charge is 0.464 e. The molecule has 2 heterocycles. The standard InChI is InChI=1S/C27H38ClN3O6SSi/c1-27(2,3)39(6,7)37-15-8-10-20-21-11-12-22(28)23(19-16-29-18-30-17-19)24(21)31(25(20)26(32)35-4)13-9-14-36-38(5,33)34/h11-12,16-18H,8-10,13-15H2,1-7H3. The first-order valence-corrected chi connectivity index (χ1v) is 17.9. The molecular formula is C27H38ClN3O6SSi. The van der Waals surface area contributed by atoms with Gasteiger partial charge in [-0.15, -0.1) is 0 Å². The maximum atomic E-state index is 13.2. The van der Waals surface area contributed by atoms with Crippen molar-refractivity contribution in [1.29, 1.82) is 0 Å². The summed E-state index contributed by atoms with van der Waals surface area (Å²) in [6.07, 6.45) is 7.41. The van der Waals surface area contributed by atoms with Gasteiger partial charge >= 0.3 is 5.97 Å². The summed E-state index contributed by atoms with van der Waals surface area (Å²) in [5.74, 6) is -0.484. The lowest BCUT2D eigenvalue weighted by molar-refractivity contribution is 0.0587. The van der Waals surface area contributed by atoms with Crippen molar-refractivity contribution in [3.8, 4) is 11.1 Å². The number of benzene rings is 1. The van der Waals surface area contributed by atoms with E-state index < -0.39 is 24.4 Å². The highest BCUT2D eigenvalue weighted by Crippen LogP contribution is 2.40. The van der Waals surface area contributed by atoms with Gasteiger partial charge in [0.2, 0.25) is 0 Å². The first-order chi connectivity index (χ1) is 18.2. The lowest BCUT2D eigenvalue weighted by Gasteiger charge is -2.36. The van der Waals surface area contributed by atoms with E-state index in [2.05, 4.69) is 43.8 Å². The van der Waals surface area contributed by atoms with Crippen LogP contribution in [0.4, 0.5) is 0 Å². The molecule has 3 aromatic rings. The summed E-state index contributed by atoms with van der Waals surface area (Å²) < 4.78 is 41.4. The van der Waals surface area contributed by atoms with Gasteiger partial charge in [-0.1, -0.05) is 38.4 Å². The van der Waals surface area contributed by atoms with Crippen LogP contribution in [0.2, 0.25) is 23.2 Å². The quantitative estimate of drug-likeness (QED) is 0.111. The van der Waals surface area contributed by atoms with Gasteiger partial charge in [-0.05, 0) is 49.0 Å². The van der Waals surface area contributed by atoms with Crippen LogP contribution in [-0.2, 0) is 36.4 Å². The number of aromatic nitrogens is 3. The van der Waals surface area contributed by atoms with Gasteiger partial charge in [0.1, 0.15) is 12.0 Å². The van der Waals surface area contributed by atoms with Crippen molar-refractivity contribution < 1.29 is 26.6 Å². The SMILES string of the molecule is COC(=O)c1c(CCCO[Si](C)(C)C(C)(C)C)c2ccc(Cl)c(-c3cncnc3)c2n1CCCOS(C)(=O)=O. The number of rotatable bonds is 12. The fourth-order valence-electron chi connectivity index (χ4n) is 4.23. The van der Waals surface area contributed by atoms with Crippen molar-refractivity contribution in [3.05, 3.63) is 47.1 Å². The number of nitrogens with zero attached hydrogens (tertiary/aromatic N) is 3. The lowest BCUT2D eigenvalue weighted by atomic mass is 10.0. The Hall–Kier alpha value is -2.31. The summed E-state index contributed by atoms with van der Waals surface area (Å²) in [7, 11) is -4.17. The number of esters is 1. The molecule has 0 amide bonds. The molecule has 9 nitrogen and oxygen atoms in total. The molecule has 1 aromatic carbocycles. The molecule has 0 radical (unpaired) electrons. The molecule has 214 valence electrons. The Morgan fingerprint density at radius 1 is 1.10 bits per heavy atom. The molecule has 0 saturated heterocycles. The van der Waals surface area contributed by atoms with Gasteiger partial charge in [-0.3, -0.25) is 4.18 Å². The predicted molar refractivity (Wildman–Crippen MR) is 156 cm³/mol. The average Bonchev–Trinajstić information content (AvgIpc) is 3.16. The van der Waals surface area contributed by atoms with E-state index in [4.69, 9.17) is 24.9 Å². The number of carbonyl (C=O) groups is 1. The number of halogens is 1. The molecule has 0 fully saturated rings. The molecule has 0 aliphatic heterocycles. The number of methoxy groups -OCH3 is 1. The lowest BCUT2D eigenvalue weighted by Crippen LogP contribution is -2.41. The minimum atomic E-state index is -3.59. The van der Waals surface area contributed by atoms with E-state index in [-0.39, 0.29) is 11.6 Å². The summed E-state index contributed by atoms with van der Waals surface area (Å²) in [5.41, 5.74) is 3.35. The van der Waals surface area contributed by atoms with Gasteiger partial charge in [-0.2, -0.15) is 8.42 Å². The van der Waals surface area contributed by atoms with Gasteiger partial charge < -0.3 is 13.7 Å². The van der Waals surface area contributed by atoms with E-state index in [1.165, 1.54) is 13.4 Å². The Kier molecular flexibility index (Phi) is 9.98. The molecular weight excluding hydrogens is 558 g/mol. The van der Waals surface area contributed by atoms with Crippen LogP contribution in [0.3, 0.4) is 0 Å². The van der Waals surface area contributed by atoms with Crippen molar-refractivity contribution in [2.75, 3.05) is 26.6 Å². The minimum absolute atomic E-state index is 0.0286. The monoisotopic (exact) mass is 595 g/mol. The highest BCUT2D eigenvalue weighted by Gasteiger charge is 2.37. The van der Waals surface area contributed by atoms with E-state index in [0.717, 1.165) is 22.7 Å². The molecule has 0 saturated carbocycles. The molecule has 0 aliphatic rings. The van der Waals surface area contributed by atoms with E-state index in [9.17, 15) is 13.2 Å². The van der Waals surface area contributed by atoms with Crippen LogP contribution < -0.4 is 0 Å². The first kappa shape index (κ1) is 31.2. The van der Waals surface area contributed by atoms with Crippen molar-refractivity contribution in [2.24, 2.45) is 0 Å². The minimum Gasteiger partial charge on any atom is -0.464 e. The number of fused-ring (bicyclic) bond motifs is 1. The zero-order valence-corrected chi connectivity index (χ0v) is 26.3. The second-order valence-corrected chi connectivity index (χ2v) is 17.9. The van der Waals surface area contributed by atoms with Gasteiger partial charge in [0, 0.05) is 42.1 Å². The van der Waals surface area contributed by atoms with Crippen LogP contribution in [0, 0.1) is 0 Å². The van der Waals surface area contributed by atoms with Crippen LogP contribution in [0.15, 0.2) is 30.9 Å². The van der Waals surface area contributed by atoms with Gasteiger partial charge in [0.05, 0.1) is 30.5 Å². The van der Waals surface area contributed by atoms with Crippen molar-refractivity contribution in [2.45, 2.75) is 64.7 Å². The van der Waals surface area contributed by atoms with Crippen LogP contribution in [0.5, 0.6) is 0 Å². The highest BCUT2D eigenvalue weighted by atomic mass is 35.5. The Labute approximate surface area is 237 Å². The van der Waals surface area contributed by atoms with Gasteiger partial charge in [0.25, 0.3) is 10.1 Å². The van der Waals surface area contributed by atoms with Gasteiger partial charge in [0.15, 0.2) is 8.32 Å². The zero-order valence-electron chi connectivity index (χ0n) is 23.7. The molecule has 0 N–H and O–H groups in total. The molecule has 3 rings (SSSR count). The maximum absolute atomic E-state index is 13.2. The van der Waals surface area contributed by atoms with Crippen molar-refractivity contribution in [1.82, 2.24) is 14.5 Å². The Bertz CT molecular complexity index is 1420. The highest BCUT2D eigenvalue weighted by molar-refractivity contribution is 7.85. The second-order valence-electron chi connectivity index (χ2n) is 11.0. The van der Waals surface area contributed by atoms with Crippen LogP contribution in [0.25, 0.3) is 22.0 Å². The molecule has 2 aromatic heterocycles. The smallest absolute Gasteiger partial charge is 0.354 e. The fraction of sp³-hybridized carbons (Fsp3) is 0.519. The Balaban J connectivity index is 2.11. The molecule has 0 aliphatic carbocycles. The third kappa shape index (κ3) is 7.46. The van der Waals surface area contributed by atoms with Crippen molar-refractivity contribution >= 4 is 46.9 Å². The Morgan fingerprint density at radius 3 is 2.36 bits per heavy atom. The summed E-state index contributed by atoms with van der Waals surface area (Å²) >= 11 is 6.72. The number of hydrogen-bond acceptors (Lipinski definition) is 8. The summed E-state index contributed by atoms with van der Waals surface area (Å²) in [6, 6.07) is 3.71. The van der Waals surface area contributed by atoms with Gasteiger partial charge in [-0.25, -0.2) is 14.8 Å². The molecule has 39 heavy (non-hydrogen) atoms. The molecule has 0 atom stereocenters. The summed E-state index contributed by atoms with van der Waals surface area (Å²) in [5, 5.41) is 1.43. The number of hydrogen-bond donors (Lipinski definition) is 0. The van der Waals surface area contributed by atoms with E-state index in [0.29, 0.717) is 54.3 Å². The number of carbonyl (C=O) groups excluding carboxylic acids is 1. The molecule has 12 heteroatoms. The number of ether oxygens (including phenoxy) is 1. The van der Waals surface area contributed by atoms with Crippen LogP contribution in [0.1, 0.15) is 49.7 Å². The van der Waals surface area contributed by atoms with Crippen molar-refractivity contribution in [3.63, 3.8) is 0 Å². The number of aryl methyl sites for hydroxylation is 2. The van der Waals surface area contributed by atoms with Crippen LogP contribution >= 0.6 is 11.6 Å². The fourth-order valence-corrected chi connectivity index (χ4v) is 6.00. The normalized spacial score (nSPS) is 12.7. The van der Waals surface area contributed by atoms with E-state index in [1.54, 1.807) is 18.5 Å². The maximum Gasteiger partial charge on any atom is 0.354 e. The zero-order chi connectivity index (χ0) is 29.0. The first-order valence-electron chi connectivity index (χ1n) is 12.8. The van der Waals surface area contributed by atoms with E-state index in [1.807, 2.05) is 10.6 Å². The molecule has 0 unspecified atom stereocenters. The van der Waals surface area contributed by atoms with E-state index >= 15 is 0 Å². The predicted octanol–water partition coefficient (Wildman–Crippen LogP) is 5.86. The topological polar surface area (TPSA) is 110 Å². The second kappa shape index (κ2) is 12.5.